The molecule has 0 saturated carbocycles. The van der Waals surface area contributed by atoms with Crippen LogP contribution in [-0.2, 0) is 4.79 Å². The van der Waals surface area contributed by atoms with E-state index in [1.165, 1.54) is 6.26 Å². The van der Waals surface area contributed by atoms with Crippen LogP contribution in [0.3, 0.4) is 0 Å². The lowest BCUT2D eigenvalue weighted by Crippen LogP contribution is -2.14. The van der Waals surface area contributed by atoms with Gasteiger partial charge in [0.1, 0.15) is 0 Å². The van der Waals surface area contributed by atoms with E-state index in [-0.39, 0.29) is 24.5 Å². The van der Waals surface area contributed by atoms with Crippen LogP contribution in [0.1, 0.15) is 34.5 Å². The summed E-state index contributed by atoms with van der Waals surface area (Å²) in [4.78, 5) is 23.6. The molecule has 0 radical (unpaired) electrons. The number of rotatable bonds is 5. The van der Waals surface area contributed by atoms with Gasteiger partial charge in [0.25, 0.3) is 0 Å². The number of carbonyl (C=O) groups is 2. The molecule has 4 heteroatoms. The molecule has 0 atom stereocenters. The molecule has 2 rings (SSSR count). The zero-order chi connectivity index (χ0) is 14.5. The number of hydrogen-bond acceptors (Lipinski definition) is 3. The normalized spacial score (nSPS) is 10.3. The van der Waals surface area contributed by atoms with Gasteiger partial charge in [0.15, 0.2) is 11.5 Å². The van der Waals surface area contributed by atoms with E-state index in [0.29, 0.717) is 5.76 Å². The van der Waals surface area contributed by atoms with Crippen molar-refractivity contribution >= 4 is 17.4 Å². The maximum atomic E-state index is 11.9. The molecular weight excluding hydrogens is 254 g/mol. The van der Waals surface area contributed by atoms with Crippen molar-refractivity contribution in [1.29, 1.82) is 0 Å². The Morgan fingerprint density at radius 1 is 1.10 bits per heavy atom. The number of nitrogens with one attached hydrogen (secondary N) is 1. The van der Waals surface area contributed by atoms with Crippen LogP contribution in [0.4, 0.5) is 5.69 Å². The fourth-order valence-electron chi connectivity index (χ4n) is 1.89. The Bertz CT molecular complexity index is 615. The first-order valence-electron chi connectivity index (χ1n) is 6.50. The molecule has 0 aliphatic carbocycles. The summed E-state index contributed by atoms with van der Waals surface area (Å²) in [6.07, 6.45) is 1.74. The SMILES string of the molecule is Cc1cccc(NC(=O)CCC(=O)c2ccco2)c1C. The summed E-state index contributed by atoms with van der Waals surface area (Å²) in [5.41, 5.74) is 2.95. The summed E-state index contributed by atoms with van der Waals surface area (Å²) in [5.74, 6) is -0.0331. The average molecular weight is 271 g/mol. The van der Waals surface area contributed by atoms with Crippen molar-refractivity contribution in [2.75, 3.05) is 5.32 Å². The van der Waals surface area contributed by atoms with E-state index >= 15 is 0 Å². The average Bonchev–Trinajstić information content (AvgIpc) is 2.95. The quantitative estimate of drug-likeness (QED) is 0.847. The van der Waals surface area contributed by atoms with Crippen molar-refractivity contribution in [3.05, 3.63) is 53.5 Å². The van der Waals surface area contributed by atoms with Crippen LogP contribution in [0.5, 0.6) is 0 Å². The molecule has 1 amide bonds. The Labute approximate surface area is 117 Å². The second kappa shape index (κ2) is 6.19. The number of amides is 1. The van der Waals surface area contributed by atoms with E-state index in [0.717, 1.165) is 16.8 Å². The molecular formula is C16H17NO3. The Balaban J connectivity index is 1.90. The number of Topliss-reactive ketones (excluding diaryl/α,β-unsaturated/α-hetero) is 1. The predicted octanol–water partition coefficient (Wildman–Crippen LogP) is 3.50. The highest BCUT2D eigenvalue weighted by Crippen LogP contribution is 2.18. The van der Waals surface area contributed by atoms with E-state index < -0.39 is 0 Å². The topological polar surface area (TPSA) is 59.3 Å². The van der Waals surface area contributed by atoms with E-state index in [2.05, 4.69) is 5.32 Å². The molecule has 0 spiro atoms. The molecule has 20 heavy (non-hydrogen) atoms. The number of hydrogen-bond donors (Lipinski definition) is 1. The third-order valence-corrected chi connectivity index (χ3v) is 3.25. The first-order chi connectivity index (χ1) is 9.58. The largest absolute Gasteiger partial charge is 0.461 e. The molecule has 1 aromatic carbocycles. The van der Waals surface area contributed by atoms with Crippen LogP contribution in [0, 0.1) is 13.8 Å². The zero-order valence-corrected chi connectivity index (χ0v) is 11.6. The summed E-state index contributed by atoms with van der Waals surface area (Å²) < 4.78 is 5.00. The molecule has 1 heterocycles. The lowest BCUT2D eigenvalue weighted by molar-refractivity contribution is -0.116. The summed E-state index contributed by atoms with van der Waals surface area (Å²) >= 11 is 0. The number of aryl methyl sites for hydroxylation is 1. The minimum atomic E-state index is -0.168. The lowest BCUT2D eigenvalue weighted by atomic mass is 10.1. The van der Waals surface area contributed by atoms with Gasteiger partial charge in [-0.25, -0.2) is 0 Å². The highest BCUT2D eigenvalue weighted by atomic mass is 16.3. The Hall–Kier alpha value is -2.36. The van der Waals surface area contributed by atoms with Crippen molar-refractivity contribution in [3.8, 4) is 0 Å². The van der Waals surface area contributed by atoms with Gasteiger partial charge >= 0.3 is 0 Å². The van der Waals surface area contributed by atoms with Crippen molar-refractivity contribution < 1.29 is 14.0 Å². The summed E-state index contributed by atoms with van der Waals surface area (Å²) in [5, 5.41) is 2.83. The first-order valence-corrected chi connectivity index (χ1v) is 6.50. The van der Waals surface area contributed by atoms with Crippen LogP contribution in [0.15, 0.2) is 41.0 Å². The van der Waals surface area contributed by atoms with Gasteiger partial charge in [-0.2, -0.15) is 0 Å². The molecule has 0 unspecified atom stereocenters. The van der Waals surface area contributed by atoms with E-state index in [1.54, 1.807) is 12.1 Å². The molecule has 0 bridgehead atoms. The van der Waals surface area contributed by atoms with Gasteiger partial charge in [0.2, 0.25) is 5.91 Å². The van der Waals surface area contributed by atoms with Crippen LogP contribution in [0.25, 0.3) is 0 Å². The lowest BCUT2D eigenvalue weighted by Gasteiger charge is -2.09. The zero-order valence-electron chi connectivity index (χ0n) is 11.6. The Morgan fingerprint density at radius 2 is 1.90 bits per heavy atom. The standard InChI is InChI=1S/C16H17NO3/c1-11-5-3-6-13(12(11)2)17-16(19)9-8-14(18)15-7-4-10-20-15/h3-7,10H,8-9H2,1-2H3,(H,17,19). The second-order valence-corrected chi connectivity index (χ2v) is 4.70. The monoisotopic (exact) mass is 271 g/mol. The van der Waals surface area contributed by atoms with Crippen LogP contribution in [0.2, 0.25) is 0 Å². The Kier molecular flexibility index (Phi) is 4.35. The van der Waals surface area contributed by atoms with Gasteiger partial charge in [-0.05, 0) is 43.2 Å². The van der Waals surface area contributed by atoms with Gasteiger partial charge in [-0.3, -0.25) is 9.59 Å². The highest BCUT2D eigenvalue weighted by molar-refractivity contribution is 5.98. The molecule has 4 nitrogen and oxygen atoms in total. The van der Waals surface area contributed by atoms with Crippen LogP contribution < -0.4 is 5.32 Å². The molecule has 0 aliphatic heterocycles. The molecule has 1 N–H and O–H groups in total. The molecule has 0 fully saturated rings. The van der Waals surface area contributed by atoms with Gasteiger partial charge in [-0.1, -0.05) is 12.1 Å². The van der Waals surface area contributed by atoms with Crippen molar-refractivity contribution in [1.82, 2.24) is 0 Å². The smallest absolute Gasteiger partial charge is 0.224 e. The minimum absolute atomic E-state index is 0.143. The maximum absolute atomic E-state index is 11.9. The Morgan fingerprint density at radius 3 is 2.60 bits per heavy atom. The minimum Gasteiger partial charge on any atom is -0.461 e. The van der Waals surface area contributed by atoms with Crippen molar-refractivity contribution in [2.24, 2.45) is 0 Å². The molecule has 0 aliphatic rings. The van der Waals surface area contributed by atoms with Crippen molar-refractivity contribution in [2.45, 2.75) is 26.7 Å². The number of ketones is 1. The summed E-state index contributed by atoms with van der Waals surface area (Å²) in [6, 6.07) is 9.00. The number of carbonyl (C=O) groups excluding carboxylic acids is 2. The summed E-state index contributed by atoms with van der Waals surface area (Å²) in [7, 11) is 0. The molecule has 0 saturated heterocycles. The van der Waals surface area contributed by atoms with Gasteiger partial charge < -0.3 is 9.73 Å². The highest BCUT2D eigenvalue weighted by Gasteiger charge is 2.12. The third kappa shape index (κ3) is 3.35. The van der Waals surface area contributed by atoms with Gasteiger partial charge in [-0.15, -0.1) is 0 Å². The van der Waals surface area contributed by atoms with Gasteiger partial charge in [0.05, 0.1) is 6.26 Å². The number of anilines is 1. The maximum Gasteiger partial charge on any atom is 0.224 e. The third-order valence-electron chi connectivity index (χ3n) is 3.25. The molecule has 1 aromatic heterocycles. The second-order valence-electron chi connectivity index (χ2n) is 4.70. The van der Waals surface area contributed by atoms with E-state index in [1.807, 2.05) is 32.0 Å². The fourth-order valence-corrected chi connectivity index (χ4v) is 1.89. The van der Waals surface area contributed by atoms with Gasteiger partial charge in [0, 0.05) is 18.5 Å². The fraction of sp³-hybridized carbons (Fsp3) is 0.250. The first kappa shape index (κ1) is 14.1. The van der Waals surface area contributed by atoms with E-state index in [9.17, 15) is 9.59 Å². The summed E-state index contributed by atoms with van der Waals surface area (Å²) in [6.45, 7) is 3.95. The number of benzene rings is 1. The van der Waals surface area contributed by atoms with Crippen LogP contribution in [-0.4, -0.2) is 11.7 Å². The predicted molar refractivity (Wildman–Crippen MR) is 76.8 cm³/mol. The van der Waals surface area contributed by atoms with E-state index in [4.69, 9.17) is 4.42 Å². The molecule has 2 aromatic rings. The van der Waals surface area contributed by atoms with Crippen LogP contribution >= 0.6 is 0 Å². The van der Waals surface area contributed by atoms with Crippen molar-refractivity contribution in [3.63, 3.8) is 0 Å². The number of furan rings is 1. The molecule has 104 valence electrons.